The molecule has 6 nitrogen and oxygen atoms in total. The highest BCUT2D eigenvalue weighted by atomic mass is 32.1. The molecule has 0 spiro atoms. The van der Waals surface area contributed by atoms with E-state index in [1.807, 2.05) is 59.4 Å². The Morgan fingerprint density at radius 1 is 0.900 bits per heavy atom. The largest absolute Gasteiger partial charge is 0.347 e. The predicted molar refractivity (Wildman–Crippen MR) is 152 cm³/mol. The molecule has 6 aromatic rings. The molecule has 1 amide bonds. The first-order valence-corrected chi connectivity index (χ1v) is 13.3. The Labute approximate surface area is 231 Å². The van der Waals surface area contributed by atoms with Gasteiger partial charge >= 0.3 is 0 Å². The summed E-state index contributed by atoms with van der Waals surface area (Å²) in [5, 5.41) is 8.38. The number of carbonyl (C=O) groups is 1. The molecule has 3 aromatic carbocycles. The van der Waals surface area contributed by atoms with Crippen LogP contribution >= 0.6 is 11.3 Å². The molecule has 3 heterocycles. The number of rotatable bonds is 7. The van der Waals surface area contributed by atoms with Gasteiger partial charge in [0.15, 0.2) is 11.6 Å². The van der Waals surface area contributed by atoms with Crippen molar-refractivity contribution in [1.82, 2.24) is 19.7 Å². The number of hydrogen-bond donors (Lipinski definition) is 1. The van der Waals surface area contributed by atoms with Crippen molar-refractivity contribution in [3.05, 3.63) is 141 Å². The molecule has 0 aliphatic carbocycles. The highest BCUT2D eigenvalue weighted by Gasteiger charge is 2.14. The van der Waals surface area contributed by atoms with Crippen molar-refractivity contribution >= 4 is 28.1 Å². The van der Waals surface area contributed by atoms with Gasteiger partial charge in [-0.25, -0.2) is 13.5 Å². The van der Waals surface area contributed by atoms with E-state index < -0.39 is 23.1 Å². The van der Waals surface area contributed by atoms with Crippen molar-refractivity contribution in [2.24, 2.45) is 0 Å². The number of amides is 1. The number of carbonyl (C=O) groups excluding carboxylic acids is 1. The zero-order valence-corrected chi connectivity index (χ0v) is 21.9. The van der Waals surface area contributed by atoms with Crippen LogP contribution in [0, 0.1) is 11.6 Å². The van der Waals surface area contributed by atoms with Crippen LogP contribution in [0.3, 0.4) is 0 Å². The summed E-state index contributed by atoms with van der Waals surface area (Å²) in [6.45, 7) is 0.273. The van der Waals surface area contributed by atoms with E-state index in [2.05, 4.69) is 22.5 Å². The van der Waals surface area contributed by atoms with E-state index in [4.69, 9.17) is 0 Å². The Kier molecular flexibility index (Phi) is 6.79. The minimum absolute atomic E-state index is 0.0139. The maximum absolute atomic E-state index is 13.6. The second kappa shape index (κ2) is 10.7. The molecule has 0 saturated carbocycles. The van der Waals surface area contributed by atoms with E-state index in [1.54, 1.807) is 17.4 Å². The summed E-state index contributed by atoms with van der Waals surface area (Å²) in [6, 6.07) is 26.6. The third kappa shape index (κ3) is 5.06. The molecular weight excluding hydrogens is 530 g/mol. The lowest BCUT2D eigenvalue weighted by Gasteiger charge is -2.09. The van der Waals surface area contributed by atoms with Gasteiger partial charge in [0.25, 0.3) is 11.5 Å². The van der Waals surface area contributed by atoms with E-state index >= 15 is 0 Å². The maximum Gasteiger partial charge on any atom is 0.263 e. The van der Waals surface area contributed by atoms with Crippen molar-refractivity contribution in [2.45, 2.75) is 13.1 Å². The molecule has 1 N–H and O–H groups in total. The molecule has 0 unspecified atom stereocenters. The second-order valence-corrected chi connectivity index (χ2v) is 10.4. The van der Waals surface area contributed by atoms with Gasteiger partial charge < -0.3 is 9.88 Å². The van der Waals surface area contributed by atoms with Crippen LogP contribution in [0.5, 0.6) is 0 Å². The summed E-state index contributed by atoms with van der Waals surface area (Å²) < 4.78 is 30.0. The minimum Gasteiger partial charge on any atom is -0.347 e. The van der Waals surface area contributed by atoms with E-state index in [0.717, 1.165) is 44.0 Å². The molecule has 198 valence electrons. The van der Waals surface area contributed by atoms with Gasteiger partial charge in [0.05, 0.1) is 30.5 Å². The second-order valence-electron chi connectivity index (χ2n) is 9.22. The van der Waals surface area contributed by atoms with Crippen molar-refractivity contribution in [3.63, 3.8) is 0 Å². The fraction of sp³-hybridized carbons (Fsp3) is 0.0645. The van der Waals surface area contributed by atoms with Gasteiger partial charge in [-0.2, -0.15) is 5.10 Å². The quantitative estimate of drug-likeness (QED) is 0.258. The maximum atomic E-state index is 13.6. The minimum atomic E-state index is -0.989. The van der Waals surface area contributed by atoms with Gasteiger partial charge in [-0.15, -0.1) is 11.3 Å². The third-order valence-corrected chi connectivity index (χ3v) is 7.67. The molecule has 3 aromatic heterocycles. The first-order valence-electron chi connectivity index (χ1n) is 12.5. The molecule has 0 aliphatic rings. The molecule has 0 aliphatic heterocycles. The third-order valence-electron chi connectivity index (χ3n) is 6.54. The van der Waals surface area contributed by atoms with Gasteiger partial charge in [0.2, 0.25) is 0 Å². The van der Waals surface area contributed by atoms with Gasteiger partial charge in [-0.3, -0.25) is 9.59 Å². The summed E-state index contributed by atoms with van der Waals surface area (Å²) in [4.78, 5) is 27.7. The highest BCUT2D eigenvalue weighted by molar-refractivity contribution is 7.15. The first-order chi connectivity index (χ1) is 19.5. The Morgan fingerprint density at radius 2 is 1.75 bits per heavy atom. The monoisotopic (exact) mass is 552 g/mol. The summed E-state index contributed by atoms with van der Waals surface area (Å²) in [5.74, 6) is -2.45. The predicted octanol–water partition coefficient (Wildman–Crippen LogP) is 6.17. The number of hydrogen-bond acceptors (Lipinski definition) is 4. The van der Waals surface area contributed by atoms with Crippen LogP contribution in [0.25, 0.3) is 27.0 Å². The molecular formula is C31H22F2N4O2S. The van der Waals surface area contributed by atoms with Crippen molar-refractivity contribution in [1.29, 1.82) is 0 Å². The number of thiophene rings is 1. The molecule has 0 saturated heterocycles. The molecule has 0 fully saturated rings. The van der Waals surface area contributed by atoms with Crippen molar-refractivity contribution < 1.29 is 13.6 Å². The summed E-state index contributed by atoms with van der Waals surface area (Å²) in [6.07, 6.45) is 3.35. The Bertz CT molecular complexity index is 1910. The standard InChI is InChI=1S/C31H22F2N4O2S/c32-26-11-8-20(15-27(26)33)19-36-14-4-7-25(31(36)39)30(38)34-18-24-10-13-29(40-24)21-9-12-28-22(16-21)17-35-37(28)23-5-2-1-3-6-23/h1-17H,18-19H2,(H,34,38). The van der Waals surface area contributed by atoms with Gasteiger partial charge in [-0.05, 0) is 71.8 Å². The lowest BCUT2D eigenvalue weighted by molar-refractivity contribution is 0.0949. The normalized spacial score (nSPS) is 11.2. The lowest BCUT2D eigenvalue weighted by atomic mass is 10.1. The van der Waals surface area contributed by atoms with Crippen LogP contribution in [0.4, 0.5) is 8.78 Å². The Hall–Kier alpha value is -4.89. The SMILES string of the molecule is O=C(NCc1ccc(-c2ccc3c(cnn3-c3ccccc3)c2)s1)c1cccn(Cc2ccc(F)c(F)c2)c1=O. The van der Waals surface area contributed by atoms with E-state index in [-0.39, 0.29) is 18.7 Å². The number of pyridine rings is 1. The van der Waals surface area contributed by atoms with Crippen LogP contribution in [0.2, 0.25) is 0 Å². The van der Waals surface area contributed by atoms with Crippen molar-refractivity contribution in [3.8, 4) is 16.1 Å². The highest BCUT2D eigenvalue weighted by Crippen LogP contribution is 2.31. The average molecular weight is 553 g/mol. The van der Waals surface area contributed by atoms with Crippen LogP contribution < -0.4 is 10.9 Å². The summed E-state index contributed by atoms with van der Waals surface area (Å²) in [5.41, 5.74) is 2.93. The van der Waals surface area contributed by atoms with E-state index in [1.165, 1.54) is 22.9 Å². The fourth-order valence-corrected chi connectivity index (χ4v) is 5.46. The molecule has 0 radical (unpaired) electrons. The molecule has 0 bridgehead atoms. The number of halogens is 2. The van der Waals surface area contributed by atoms with Crippen LogP contribution in [-0.4, -0.2) is 20.3 Å². The smallest absolute Gasteiger partial charge is 0.263 e. The number of para-hydroxylation sites is 1. The van der Waals surface area contributed by atoms with E-state index in [0.29, 0.717) is 5.56 Å². The summed E-state index contributed by atoms with van der Waals surface area (Å²) in [7, 11) is 0. The van der Waals surface area contributed by atoms with Gasteiger partial charge in [0.1, 0.15) is 5.56 Å². The number of benzene rings is 3. The zero-order chi connectivity index (χ0) is 27.6. The average Bonchev–Trinajstić information content (AvgIpc) is 3.62. The molecule has 0 atom stereocenters. The Balaban J connectivity index is 1.14. The summed E-state index contributed by atoms with van der Waals surface area (Å²) >= 11 is 1.56. The van der Waals surface area contributed by atoms with E-state index in [9.17, 15) is 18.4 Å². The Morgan fingerprint density at radius 3 is 2.58 bits per heavy atom. The van der Waals surface area contributed by atoms with Gasteiger partial charge in [-0.1, -0.05) is 30.3 Å². The molecule has 6 rings (SSSR count). The van der Waals surface area contributed by atoms with Crippen LogP contribution in [0.15, 0.2) is 108 Å². The lowest BCUT2D eigenvalue weighted by Crippen LogP contribution is -2.32. The number of nitrogens with zero attached hydrogens (tertiary/aromatic N) is 3. The number of nitrogens with one attached hydrogen (secondary N) is 1. The number of aromatic nitrogens is 3. The molecule has 9 heteroatoms. The number of fused-ring (bicyclic) bond motifs is 1. The first kappa shape index (κ1) is 25.4. The van der Waals surface area contributed by atoms with Gasteiger partial charge in [0, 0.05) is 21.3 Å². The molecule has 40 heavy (non-hydrogen) atoms. The van der Waals surface area contributed by atoms with Crippen molar-refractivity contribution in [2.75, 3.05) is 0 Å². The fourth-order valence-electron chi connectivity index (χ4n) is 4.52. The van der Waals surface area contributed by atoms with Crippen LogP contribution in [0.1, 0.15) is 20.8 Å². The zero-order valence-electron chi connectivity index (χ0n) is 21.1. The van der Waals surface area contributed by atoms with Crippen LogP contribution in [-0.2, 0) is 13.1 Å². The topological polar surface area (TPSA) is 68.9 Å².